The molecule has 0 aromatic rings. The molecule has 1 fully saturated rings. The Labute approximate surface area is 75.4 Å². The van der Waals surface area contributed by atoms with Gasteiger partial charge in [-0.05, 0) is 24.8 Å². The fraction of sp³-hybridized carbons (Fsp3) is 0.714. The van der Waals surface area contributed by atoms with Gasteiger partial charge < -0.3 is 5.73 Å². The van der Waals surface area contributed by atoms with Crippen LogP contribution in [0.1, 0.15) is 25.7 Å². The van der Waals surface area contributed by atoms with Gasteiger partial charge in [0.25, 0.3) is 0 Å². The van der Waals surface area contributed by atoms with E-state index in [4.69, 9.17) is 5.73 Å². The smallest absolute Gasteiger partial charge is 0.322 e. The van der Waals surface area contributed by atoms with E-state index < -0.39 is 6.03 Å². The molecule has 12 heavy (non-hydrogen) atoms. The standard InChI is InChI=1S/C7H12N2O2S/c8-7(11)9-12-6-4-2-1-3-5(6)10/h6H,1-4H2,(H3,8,9,11). The van der Waals surface area contributed by atoms with Crippen LogP contribution in [0.5, 0.6) is 0 Å². The van der Waals surface area contributed by atoms with Crippen LogP contribution in [0, 0.1) is 0 Å². The van der Waals surface area contributed by atoms with Crippen LogP contribution in [0.4, 0.5) is 4.79 Å². The third-order valence-electron chi connectivity index (χ3n) is 1.80. The minimum absolute atomic E-state index is 0.0775. The number of carbonyl (C=O) groups is 2. The SMILES string of the molecule is NC(=O)NSC1CCCCC1=O. The van der Waals surface area contributed by atoms with E-state index in [2.05, 4.69) is 4.72 Å². The average molecular weight is 188 g/mol. The zero-order valence-electron chi connectivity index (χ0n) is 6.71. The van der Waals surface area contributed by atoms with E-state index in [1.807, 2.05) is 0 Å². The van der Waals surface area contributed by atoms with Gasteiger partial charge in [-0.1, -0.05) is 6.42 Å². The maximum atomic E-state index is 11.2. The summed E-state index contributed by atoms with van der Waals surface area (Å²) in [5.74, 6) is 0.222. The van der Waals surface area contributed by atoms with Crippen LogP contribution in [-0.4, -0.2) is 17.1 Å². The lowest BCUT2D eigenvalue weighted by molar-refractivity contribution is -0.119. The first-order valence-electron chi connectivity index (χ1n) is 3.94. The maximum absolute atomic E-state index is 11.2. The Balaban J connectivity index is 2.29. The third-order valence-corrected chi connectivity index (χ3v) is 2.90. The van der Waals surface area contributed by atoms with E-state index in [0.717, 1.165) is 31.2 Å². The molecule has 0 spiro atoms. The maximum Gasteiger partial charge on any atom is 0.322 e. The zero-order valence-corrected chi connectivity index (χ0v) is 7.52. The number of nitrogens with one attached hydrogen (secondary N) is 1. The van der Waals surface area contributed by atoms with Gasteiger partial charge in [-0.15, -0.1) is 0 Å². The summed E-state index contributed by atoms with van der Waals surface area (Å²) in [4.78, 5) is 21.5. The normalized spacial score (nSPS) is 23.7. The quantitative estimate of drug-likeness (QED) is 0.630. The molecule has 0 aromatic carbocycles. The van der Waals surface area contributed by atoms with Gasteiger partial charge in [-0.3, -0.25) is 9.52 Å². The van der Waals surface area contributed by atoms with E-state index in [1.54, 1.807) is 0 Å². The Morgan fingerprint density at radius 2 is 2.33 bits per heavy atom. The van der Waals surface area contributed by atoms with Crippen molar-refractivity contribution in [2.24, 2.45) is 5.73 Å². The molecule has 1 unspecified atom stereocenters. The molecule has 1 saturated carbocycles. The van der Waals surface area contributed by atoms with Gasteiger partial charge in [0.1, 0.15) is 5.78 Å². The molecule has 0 bridgehead atoms. The number of hydrogen-bond donors (Lipinski definition) is 2. The highest BCUT2D eigenvalue weighted by atomic mass is 32.2. The molecule has 1 rings (SSSR count). The summed E-state index contributed by atoms with van der Waals surface area (Å²) in [6.45, 7) is 0. The van der Waals surface area contributed by atoms with E-state index >= 15 is 0 Å². The van der Waals surface area contributed by atoms with Gasteiger partial charge >= 0.3 is 6.03 Å². The van der Waals surface area contributed by atoms with E-state index in [1.165, 1.54) is 0 Å². The zero-order chi connectivity index (χ0) is 8.97. The minimum atomic E-state index is -0.585. The summed E-state index contributed by atoms with van der Waals surface area (Å²) in [5, 5.41) is -0.0775. The Morgan fingerprint density at radius 1 is 1.58 bits per heavy atom. The van der Waals surface area contributed by atoms with Crippen molar-refractivity contribution >= 4 is 23.8 Å². The molecule has 2 amide bonds. The molecule has 0 aromatic heterocycles. The second-order valence-corrected chi connectivity index (χ2v) is 3.79. The van der Waals surface area contributed by atoms with E-state index in [-0.39, 0.29) is 11.0 Å². The van der Waals surface area contributed by atoms with Gasteiger partial charge in [0.05, 0.1) is 5.25 Å². The molecule has 0 aliphatic heterocycles. The van der Waals surface area contributed by atoms with Crippen LogP contribution in [0.15, 0.2) is 0 Å². The summed E-state index contributed by atoms with van der Waals surface area (Å²) in [5.41, 5.74) is 4.87. The number of nitrogens with two attached hydrogens (primary N) is 1. The predicted octanol–water partition coefficient (Wildman–Crippen LogP) is 0.815. The number of carbonyl (C=O) groups excluding carboxylic acids is 2. The van der Waals surface area contributed by atoms with Crippen molar-refractivity contribution in [2.75, 3.05) is 0 Å². The first kappa shape index (κ1) is 9.38. The van der Waals surface area contributed by atoms with Crippen LogP contribution in [0.25, 0.3) is 0 Å². The number of primary amides is 1. The number of rotatable bonds is 2. The summed E-state index contributed by atoms with van der Waals surface area (Å²) >= 11 is 1.14. The molecule has 1 atom stereocenters. The van der Waals surface area contributed by atoms with Crippen LogP contribution >= 0.6 is 11.9 Å². The van der Waals surface area contributed by atoms with E-state index in [0.29, 0.717) is 6.42 Å². The fourth-order valence-electron chi connectivity index (χ4n) is 1.20. The monoisotopic (exact) mass is 188 g/mol. The minimum Gasteiger partial charge on any atom is -0.351 e. The number of amides is 2. The van der Waals surface area contributed by atoms with Gasteiger partial charge in [-0.2, -0.15) is 0 Å². The second kappa shape index (κ2) is 4.35. The number of ketones is 1. The molecular weight excluding hydrogens is 176 g/mol. The number of Topliss-reactive ketones (excluding diaryl/α,β-unsaturated/α-hetero) is 1. The molecule has 0 heterocycles. The van der Waals surface area contributed by atoms with Crippen LogP contribution in [0.3, 0.4) is 0 Å². The van der Waals surface area contributed by atoms with Crippen molar-refractivity contribution in [2.45, 2.75) is 30.9 Å². The molecule has 4 nitrogen and oxygen atoms in total. The summed E-state index contributed by atoms with van der Waals surface area (Å²) in [7, 11) is 0. The van der Waals surface area contributed by atoms with Gasteiger partial charge in [0.2, 0.25) is 0 Å². The summed E-state index contributed by atoms with van der Waals surface area (Å²) in [6, 6.07) is -0.585. The van der Waals surface area contributed by atoms with E-state index in [9.17, 15) is 9.59 Å². The third kappa shape index (κ3) is 2.73. The fourth-order valence-corrected chi connectivity index (χ4v) is 2.00. The highest BCUT2D eigenvalue weighted by Crippen LogP contribution is 2.23. The molecule has 0 saturated heterocycles. The lowest BCUT2D eigenvalue weighted by atomic mass is 9.99. The molecule has 5 heteroatoms. The molecular formula is C7H12N2O2S. The van der Waals surface area contributed by atoms with Crippen molar-refractivity contribution in [3.8, 4) is 0 Å². The van der Waals surface area contributed by atoms with Crippen molar-refractivity contribution in [3.05, 3.63) is 0 Å². The van der Waals surface area contributed by atoms with Crippen molar-refractivity contribution in [1.29, 1.82) is 0 Å². The Kier molecular flexibility index (Phi) is 3.40. The summed E-state index contributed by atoms with van der Waals surface area (Å²) in [6.07, 6.45) is 3.53. The molecule has 1 aliphatic carbocycles. The lowest BCUT2D eigenvalue weighted by Crippen LogP contribution is -2.30. The van der Waals surface area contributed by atoms with Crippen LogP contribution in [0.2, 0.25) is 0 Å². The Hall–Kier alpha value is -0.710. The molecule has 1 aliphatic rings. The lowest BCUT2D eigenvalue weighted by Gasteiger charge is -2.18. The summed E-state index contributed by atoms with van der Waals surface area (Å²) < 4.78 is 2.38. The first-order valence-corrected chi connectivity index (χ1v) is 4.82. The van der Waals surface area contributed by atoms with Crippen molar-refractivity contribution in [1.82, 2.24) is 4.72 Å². The largest absolute Gasteiger partial charge is 0.351 e. The topological polar surface area (TPSA) is 72.2 Å². The van der Waals surface area contributed by atoms with Gasteiger partial charge in [0.15, 0.2) is 0 Å². The predicted molar refractivity (Wildman–Crippen MR) is 47.6 cm³/mol. The highest BCUT2D eigenvalue weighted by Gasteiger charge is 2.22. The molecule has 0 radical (unpaired) electrons. The highest BCUT2D eigenvalue weighted by molar-refractivity contribution is 7.99. The number of hydrogen-bond acceptors (Lipinski definition) is 3. The molecule has 68 valence electrons. The molecule has 3 N–H and O–H groups in total. The van der Waals surface area contributed by atoms with Gasteiger partial charge in [-0.25, -0.2) is 4.79 Å². The Bertz CT molecular complexity index is 196. The van der Waals surface area contributed by atoms with Crippen LogP contribution < -0.4 is 10.5 Å². The number of urea groups is 1. The van der Waals surface area contributed by atoms with Gasteiger partial charge in [0, 0.05) is 6.42 Å². The Morgan fingerprint density at radius 3 is 2.92 bits per heavy atom. The van der Waals surface area contributed by atoms with Crippen molar-refractivity contribution in [3.63, 3.8) is 0 Å². The van der Waals surface area contributed by atoms with Crippen molar-refractivity contribution < 1.29 is 9.59 Å². The first-order chi connectivity index (χ1) is 5.70. The van der Waals surface area contributed by atoms with Crippen LogP contribution in [-0.2, 0) is 4.79 Å². The second-order valence-electron chi connectivity index (χ2n) is 2.78. The average Bonchev–Trinajstić information content (AvgIpc) is 2.03.